The van der Waals surface area contributed by atoms with Gasteiger partial charge < -0.3 is 15.0 Å². The van der Waals surface area contributed by atoms with E-state index in [0.717, 1.165) is 32.8 Å². The van der Waals surface area contributed by atoms with Gasteiger partial charge in [0.2, 0.25) is 0 Å². The first kappa shape index (κ1) is 14.1. The van der Waals surface area contributed by atoms with E-state index in [1.165, 1.54) is 11.1 Å². The van der Waals surface area contributed by atoms with Crippen molar-refractivity contribution in [1.82, 2.24) is 15.2 Å². The van der Waals surface area contributed by atoms with Gasteiger partial charge >= 0.3 is 0 Å². The highest BCUT2D eigenvalue weighted by atomic mass is 16.5. The SMILES string of the molecule is Cc1cncc(CNCCOCCN(C)C)c1. The quantitative estimate of drug-likeness (QED) is 0.686. The number of aromatic nitrogens is 1. The van der Waals surface area contributed by atoms with E-state index < -0.39 is 0 Å². The van der Waals surface area contributed by atoms with E-state index in [1.807, 2.05) is 26.5 Å². The van der Waals surface area contributed by atoms with Gasteiger partial charge in [0.1, 0.15) is 0 Å². The second-order valence-electron chi connectivity index (χ2n) is 4.46. The third kappa shape index (κ3) is 7.05. The zero-order valence-corrected chi connectivity index (χ0v) is 11.1. The van der Waals surface area contributed by atoms with Crippen LogP contribution in [0.5, 0.6) is 0 Å². The normalized spacial score (nSPS) is 11.1. The second-order valence-corrected chi connectivity index (χ2v) is 4.46. The average Bonchev–Trinajstić information content (AvgIpc) is 2.27. The van der Waals surface area contributed by atoms with E-state index >= 15 is 0 Å². The van der Waals surface area contributed by atoms with Gasteiger partial charge in [-0.3, -0.25) is 4.98 Å². The van der Waals surface area contributed by atoms with E-state index in [9.17, 15) is 0 Å². The minimum absolute atomic E-state index is 0.757. The second kappa shape index (κ2) is 8.17. The fraction of sp³-hybridized carbons (Fsp3) is 0.615. The van der Waals surface area contributed by atoms with Crippen molar-refractivity contribution in [3.8, 4) is 0 Å². The Morgan fingerprint density at radius 3 is 2.82 bits per heavy atom. The summed E-state index contributed by atoms with van der Waals surface area (Å²) in [6.07, 6.45) is 3.76. The first-order chi connectivity index (χ1) is 8.18. The van der Waals surface area contributed by atoms with Crippen LogP contribution < -0.4 is 5.32 Å². The van der Waals surface area contributed by atoms with Gasteiger partial charge in [-0.05, 0) is 32.1 Å². The molecule has 1 heterocycles. The topological polar surface area (TPSA) is 37.4 Å². The Kier molecular flexibility index (Phi) is 6.77. The van der Waals surface area contributed by atoms with Crippen molar-refractivity contribution in [2.75, 3.05) is 40.4 Å². The molecule has 0 amide bonds. The highest BCUT2D eigenvalue weighted by Gasteiger charge is 1.94. The number of aryl methyl sites for hydroxylation is 1. The Hall–Kier alpha value is -0.970. The molecule has 1 aromatic heterocycles. The Morgan fingerprint density at radius 1 is 1.29 bits per heavy atom. The zero-order chi connectivity index (χ0) is 12.5. The Balaban J connectivity index is 2.01. The molecule has 0 fully saturated rings. The number of ether oxygens (including phenoxy) is 1. The maximum absolute atomic E-state index is 5.49. The molecule has 1 rings (SSSR count). The van der Waals surface area contributed by atoms with Crippen LogP contribution in [0.15, 0.2) is 18.5 Å². The first-order valence-corrected chi connectivity index (χ1v) is 6.02. The molecule has 0 spiro atoms. The van der Waals surface area contributed by atoms with E-state index in [1.54, 1.807) is 0 Å². The molecule has 0 saturated heterocycles. The fourth-order valence-electron chi connectivity index (χ4n) is 1.44. The fourth-order valence-corrected chi connectivity index (χ4v) is 1.44. The summed E-state index contributed by atoms with van der Waals surface area (Å²) in [6, 6.07) is 2.15. The van der Waals surface area contributed by atoms with Gasteiger partial charge in [-0.2, -0.15) is 0 Å². The van der Waals surface area contributed by atoms with Crippen molar-refractivity contribution >= 4 is 0 Å². The molecule has 4 heteroatoms. The van der Waals surface area contributed by atoms with Crippen molar-refractivity contribution in [2.45, 2.75) is 13.5 Å². The molecule has 0 aliphatic carbocycles. The zero-order valence-electron chi connectivity index (χ0n) is 11.1. The number of nitrogens with one attached hydrogen (secondary N) is 1. The lowest BCUT2D eigenvalue weighted by atomic mass is 10.2. The maximum Gasteiger partial charge on any atom is 0.0593 e. The maximum atomic E-state index is 5.49. The number of hydrogen-bond acceptors (Lipinski definition) is 4. The van der Waals surface area contributed by atoms with Crippen LogP contribution in [0.3, 0.4) is 0 Å². The van der Waals surface area contributed by atoms with E-state index in [-0.39, 0.29) is 0 Å². The van der Waals surface area contributed by atoms with Gasteiger partial charge in [0.15, 0.2) is 0 Å². The number of rotatable bonds is 8. The van der Waals surface area contributed by atoms with Crippen molar-refractivity contribution in [3.05, 3.63) is 29.6 Å². The molecule has 0 bridgehead atoms. The molecule has 96 valence electrons. The third-order valence-corrected chi connectivity index (χ3v) is 2.37. The van der Waals surface area contributed by atoms with Crippen LogP contribution in [-0.2, 0) is 11.3 Å². The molecule has 0 radical (unpaired) electrons. The van der Waals surface area contributed by atoms with Gasteiger partial charge in [-0.25, -0.2) is 0 Å². The summed E-state index contributed by atoms with van der Waals surface area (Å²) < 4.78 is 5.49. The van der Waals surface area contributed by atoms with Crippen LogP contribution >= 0.6 is 0 Å². The Bertz CT molecular complexity index is 315. The highest BCUT2D eigenvalue weighted by molar-refractivity contribution is 5.16. The summed E-state index contributed by atoms with van der Waals surface area (Å²) in [5.41, 5.74) is 2.42. The summed E-state index contributed by atoms with van der Waals surface area (Å²) in [5.74, 6) is 0. The molecule has 1 aromatic rings. The number of likely N-dealkylation sites (N-methyl/N-ethyl adjacent to an activating group) is 1. The number of hydrogen-bond donors (Lipinski definition) is 1. The number of nitrogens with zero attached hydrogens (tertiary/aromatic N) is 2. The predicted octanol–water partition coefficient (Wildman–Crippen LogP) is 1.06. The summed E-state index contributed by atoms with van der Waals surface area (Å²) in [5, 5.41) is 3.34. The lowest BCUT2D eigenvalue weighted by molar-refractivity contribution is 0.119. The van der Waals surface area contributed by atoms with E-state index in [0.29, 0.717) is 0 Å². The summed E-state index contributed by atoms with van der Waals surface area (Å²) in [6.45, 7) is 6.31. The molecule has 0 aliphatic rings. The lowest BCUT2D eigenvalue weighted by Crippen LogP contribution is -2.23. The predicted molar refractivity (Wildman–Crippen MR) is 70.1 cm³/mol. The molecule has 17 heavy (non-hydrogen) atoms. The lowest BCUT2D eigenvalue weighted by Gasteiger charge is -2.10. The average molecular weight is 237 g/mol. The van der Waals surface area contributed by atoms with Crippen LogP contribution in [0, 0.1) is 6.92 Å². The van der Waals surface area contributed by atoms with Gasteiger partial charge in [0.05, 0.1) is 13.2 Å². The van der Waals surface area contributed by atoms with Gasteiger partial charge in [0, 0.05) is 32.0 Å². The molecule has 0 aromatic carbocycles. The van der Waals surface area contributed by atoms with Crippen molar-refractivity contribution < 1.29 is 4.74 Å². The van der Waals surface area contributed by atoms with Crippen molar-refractivity contribution in [3.63, 3.8) is 0 Å². The van der Waals surface area contributed by atoms with Crippen LogP contribution in [0.25, 0.3) is 0 Å². The van der Waals surface area contributed by atoms with Gasteiger partial charge in [-0.15, -0.1) is 0 Å². The summed E-state index contributed by atoms with van der Waals surface area (Å²) >= 11 is 0. The monoisotopic (exact) mass is 237 g/mol. The number of pyridine rings is 1. The van der Waals surface area contributed by atoms with E-state index in [2.05, 4.69) is 28.2 Å². The molecule has 0 aliphatic heterocycles. The molecule has 0 saturated carbocycles. The van der Waals surface area contributed by atoms with Crippen molar-refractivity contribution in [1.29, 1.82) is 0 Å². The largest absolute Gasteiger partial charge is 0.379 e. The van der Waals surface area contributed by atoms with Gasteiger partial charge in [0.25, 0.3) is 0 Å². The molecular formula is C13H23N3O. The van der Waals surface area contributed by atoms with Gasteiger partial charge in [-0.1, -0.05) is 6.07 Å². The minimum atomic E-state index is 0.757. The Morgan fingerprint density at radius 2 is 2.12 bits per heavy atom. The highest BCUT2D eigenvalue weighted by Crippen LogP contribution is 1.99. The first-order valence-electron chi connectivity index (χ1n) is 6.02. The van der Waals surface area contributed by atoms with Crippen LogP contribution in [0.2, 0.25) is 0 Å². The summed E-state index contributed by atoms with van der Waals surface area (Å²) in [4.78, 5) is 6.27. The molecule has 1 N–H and O–H groups in total. The molecule has 0 atom stereocenters. The third-order valence-electron chi connectivity index (χ3n) is 2.37. The van der Waals surface area contributed by atoms with E-state index in [4.69, 9.17) is 4.74 Å². The minimum Gasteiger partial charge on any atom is -0.379 e. The van der Waals surface area contributed by atoms with Crippen LogP contribution in [-0.4, -0.2) is 50.3 Å². The smallest absolute Gasteiger partial charge is 0.0593 e. The Labute approximate surface area is 104 Å². The van der Waals surface area contributed by atoms with Crippen molar-refractivity contribution in [2.24, 2.45) is 0 Å². The molecular weight excluding hydrogens is 214 g/mol. The van der Waals surface area contributed by atoms with Crippen LogP contribution in [0.4, 0.5) is 0 Å². The molecule has 0 unspecified atom stereocenters. The van der Waals surface area contributed by atoms with Crippen LogP contribution in [0.1, 0.15) is 11.1 Å². The summed E-state index contributed by atoms with van der Waals surface area (Å²) in [7, 11) is 4.10. The standard InChI is InChI=1S/C13H23N3O/c1-12-8-13(11-15-9-12)10-14-4-6-17-7-5-16(2)3/h8-9,11,14H,4-7,10H2,1-3H3. The molecule has 4 nitrogen and oxygen atoms in total.